The van der Waals surface area contributed by atoms with E-state index in [1.165, 1.54) is 6.42 Å². The second-order valence-corrected chi connectivity index (χ2v) is 6.94. The van der Waals surface area contributed by atoms with Crippen molar-refractivity contribution in [1.29, 1.82) is 0 Å². The largest absolute Gasteiger partial charge is 0.425 e. The maximum atomic E-state index is 12.5. The zero-order valence-corrected chi connectivity index (χ0v) is 14.2. The molecule has 1 unspecified atom stereocenters. The highest BCUT2D eigenvalue weighted by molar-refractivity contribution is 5.84. The van der Waals surface area contributed by atoms with Crippen molar-refractivity contribution in [2.45, 2.75) is 40.0 Å². The van der Waals surface area contributed by atoms with Gasteiger partial charge in [0.1, 0.15) is 12.3 Å². The van der Waals surface area contributed by atoms with Crippen molar-refractivity contribution < 1.29 is 14.3 Å². The van der Waals surface area contributed by atoms with Gasteiger partial charge in [0.2, 0.25) is 5.91 Å². The molecule has 1 aromatic carbocycles. The van der Waals surface area contributed by atoms with Crippen LogP contribution < -0.4 is 10.1 Å². The Bertz CT molecular complexity index is 527. The highest BCUT2D eigenvalue weighted by Crippen LogP contribution is 2.38. The summed E-state index contributed by atoms with van der Waals surface area (Å²) in [4.78, 5) is 24.3. The zero-order valence-electron chi connectivity index (χ0n) is 14.2. The Kier molecular flexibility index (Phi) is 6.20. The third-order valence-electron chi connectivity index (χ3n) is 4.74. The summed E-state index contributed by atoms with van der Waals surface area (Å²) in [6, 6.07) is 8.90. The van der Waals surface area contributed by atoms with Crippen LogP contribution in [0.1, 0.15) is 40.0 Å². The topological polar surface area (TPSA) is 55.4 Å². The van der Waals surface area contributed by atoms with Gasteiger partial charge >= 0.3 is 5.97 Å². The number of nitrogens with one attached hydrogen (secondary N) is 1. The van der Waals surface area contributed by atoms with Gasteiger partial charge in [-0.25, -0.2) is 4.79 Å². The number of carbonyl (C=O) groups excluding carboxylic acids is 2. The molecular weight excluding hydrogens is 290 g/mol. The molecule has 0 spiro atoms. The lowest BCUT2D eigenvalue weighted by molar-refractivity contribution is -0.137. The van der Waals surface area contributed by atoms with Gasteiger partial charge in [-0.2, -0.15) is 0 Å². The minimum Gasteiger partial charge on any atom is -0.425 e. The summed E-state index contributed by atoms with van der Waals surface area (Å²) < 4.78 is 5.19. The molecule has 1 aliphatic carbocycles. The second-order valence-electron chi connectivity index (χ2n) is 6.94. The highest BCUT2D eigenvalue weighted by Gasteiger charge is 2.35. The number of hydrogen-bond donors (Lipinski definition) is 1. The third-order valence-corrected chi connectivity index (χ3v) is 4.74. The molecule has 3 atom stereocenters. The number of ether oxygens (including phenoxy) is 1. The summed E-state index contributed by atoms with van der Waals surface area (Å²) >= 11 is 0. The average molecular weight is 317 g/mol. The number of benzene rings is 1. The molecule has 0 aromatic heterocycles. The number of para-hydroxylation sites is 1. The lowest BCUT2D eigenvalue weighted by atomic mass is 9.70. The molecule has 1 N–H and O–H groups in total. The van der Waals surface area contributed by atoms with Crippen LogP contribution in [0.3, 0.4) is 0 Å². The smallest absolute Gasteiger partial charge is 0.330 e. The first-order chi connectivity index (χ1) is 11.0. The lowest BCUT2D eigenvalue weighted by Gasteiger charge is -2.36. The molecule has 0 aliphatic heterocycles. The number of carbonyl (C=O) groups is 2. The quantitative estimate of drug-likeness (QED) is 0.669. The van der Waals surface area contributed by atoms with Gasteiger partial charge in [-0.15, -0.1) is 0 Å². The molecule has 23 heavy (non-hydrogen) atoms. The van der Waals surface area contributed by atoms with Gasteiger partial charge < -0.3 is 10.1 Å². The SMILES string of the molecule is CC1CC[C@@H](C(C)C)[C@H](C(=O)NCC(=O)Oc2ccccc2)C1. The van der Waals surface area contributed by atoms with E-state index in [-0.39, 0.29) is 18.4 Å². The van der Waals surface area contributed by atoms with Gasteiger partial charge in [-0.1, -0.05) is 45.4 Å². The Morgan fingerprint density at radius 1 is 1.22 bits per heavy atom. The molecule has 1 amide bonds. The van der Waals surface area contributed by atoms with Gasteiger partial charge in [0.15, 0.2) is 0 Å². The Morgan fingerprint density at radius 2 is 1.91 bits per heavy atom. The standard InChI is InChI=1S/C19H27NO3/c1-13(2)16-10-9-14(3)11-17(16)19(22)20-12-18(21)23-15-7-5-4-6-8-15/h4-8,13-14,16-17H,9-12H2,1-3H3,(H,20,22)/t14?,16-,17+/m0/s1. The summed E-state index contributed by atoms with van der Waals surface area (Å²) in [6.07, 6.45) is 3.18. The molecule has 1 fully saturated rings. The van der Waals surface area contributed by atoms with Crippen LogP contribution in [0.15, 0.2) is 30.3 Å². The van der Waals surface area contributed by atoms with E-state index in [9.17, 15) is 9.59 Å². The minimum absolute atomic E-state index is 0.00303. The van der Waals surface area contributed by atoms with Gasteiger partial charge in [0.25, 0.3) is 0 Å². The Morgan fingerprint density at radius 3 is 2.57 bits per heavy atom. The van der Waals surface area contributed by atoms with E-state index in [2.05, 4.69) is 26.1 Å². The summed E-state index contributed by atoms with van der Waals surface area (Å²) in [6.45, 7) is 6.46. The van der Waals surface area contributed by atoms with Crippen LogP contribution in [0.4, 0.5) is 0 Å². The monoisotopic (exact) mass is 317 g/mol. The normalized spacial score (nSPS) is 24.3. The van der Waals surface area contributed by atoms with Crippen LogP contribution in [0.25, 0.3) is 0 Å². The van der Waals surface area contributed by atoms with Crippen molar-refractivity contribution in [2.24, 2.45) is 23.7 Å². The van der Waals surface area contributed by atoms with Crippen LogP contribution in [-0.4, -0.2) is 18.4 Å². The molecule has 0 saturated heterocycles. The Labute approximate surface area is 138 Å². The molecule has 4 nitrogen and oxygen atoms in total. The second kappa shape index (κ2) is 8.14. The molecule has 126 valence electrons. The van der Waals surface area contributed by atoms with Crippen LogP contribution in [0, 0.1) is 23.7 Å². The maximum Gasteiger partial charge on any atom is 0.330 e. The Hall–Kier alpha value is -1.84. The van der Waals surface area contributed by atoms with Crippen molar-refractivity contribution in [2.75, 3.05) is 6.54 Å². The first-order valence-corrected chi connectivity index (χ1v) is 8.50. The molecule has 2 rings (SSSR count). The van der Waals surface area contributed by atoms with Crippen LogP contribution in [0.2, 0.25) is 0 Å². The van der Waals surface area contributed by atoms with Crippen LogP contribution >= 0.6 is 0 Å². The number of esters is 1. The fourth-order valence-electron chi connectivity index (χ4n) is 3.45. The highest BCUT2D eigenvalue weighted by atomic mass is 16.5. The van der Waals surface area contributed by atoms with E-state index >= 15 is 0 Å². The van der Waals surface area contributed by atoms with Crippen molar-refractivity contribution in [3.05, 3.63) is 30.3 Å². The summed E-state index contributed by atoms with van der Waals surface area (Å²) in [5.41, 5.74) is 0. The van der Waals surface area contributed by atoms with E-state index < -0.39 is 5.97 Å². The fourth-order valence-corrected chi connectivity index (χ4v) is 3.45. The summed E-state index contributed by atoms with van der Waals surface area (Å²) in [7, 11) is 0. The summed E-state index contributed by atoms with van der Waals surface area (Å²) in [5.74, 6) is 1.50. The molecule has 0 heterocycles. The molecule has 4 heteroatoms. The van der Waals surface area contributed by atoms with E-state index in [1.54, 1.807) is 24.3 Å². The molecule has 1 aliphatic rings. The van der Waals surface area contributed by atoms with Crippen LogP contribution in [-0.2, 0) is 9.59 Å². The number of rotatable bonds is 5. The van der Waals surface area contributed by atoms with Crippen molar-refractivity contribution in [3.8, 4) is 5.75 Å². The molecule has 1 saturated carbocycles. The van der Waals surface area contributed by atoms with Crippen molar-refractivity contribution >= 4 is 11.9 Å². The van der Waals surface area contributed by atoms with Crippen LogP contribution in [0.5, 0.6) is 5.75 Å². The lowest BCUT2D eigenvalue weighted by Crippen LogP contribution is -2.42. The van der Waals surface area contributed by atoms with Gasteiger partial charge in [0, 0.05) is 5.92 Å². The average Bonchev–Trinajstić information content (AvgIpc) is 2.53. The first-order valence-electron chi connectivity index (χ1n) is 8.50. The van der Waals surface area contributed by atoms with Gasteiger partial charge in [-0.05, 0) is 42.7 Å². The molecule has 0 radical (unpaired) electrons. The summed E-state index contributed by atoms with van der Waals surface area (Å²) in [5, 5.41) is 2.76. The zero-order chi connectivity index (χ0) is 16.8. The predicted molar refractivity (Wildman–Crippen MR) is 89.9 cm³/mol. The molecular formula is C19H27NO3. The van der Waals surface area contributed by atoms with Gasteiger partial charge in [-0.3, -0.25) is 4.79 Å². The van der Waals surface area contributed by atoms with E-state index in [0.717, 1.165) is 12.8 Å². The van der Waals surface area contributed by atoms with E-state index in [4.69, 9.17) is 4.74 Å². The molecule has 0 bridgehead atoms. The van der Waals surface area contributed by atoms with E-state index in [1.807, 2.05) is 6.07 Å². The van der Waals surface area contributed by atoms with Crippen molar-refractivity contribution in [3.63, 3.8) is 0 Å². The third kappa shape index (κ3) is 5.08. The van der Waals surface area contributed by atoms with E-state index in [0.29, 0.717) is 23.5 Å². The predicted octanol–water partition coefficient (Wildman–Crippen LogP) is 3.42. The van der Waals surface area contributed by atoms with Crippen molar-refractivity contribution in [1.82, 2.24) is 5.32 Å². The molecule has 1 aromatic rings. The minimum atomic E-state index is -0.436. The number of hydrogen-bond acceptors (Lipinski definition) is 3. The first kappa shape index (κ1) is 17.5. The Balaban J connectivity index is 1.86. The number of amides is 1. The fraction of sp³-hybridized carbons (Fsp3) is 0.579. The van der Waals surface area contributed by atoms with Gasteiger partial charge in [0.05, 0.1) is 0 Å². The maximum absolute atomic E-state index is 12.5.